The first kappa shape index (κ1) is 18.6. The van der Waals surface area contributed by atoms with E-state index in [-0.39, 0.29) is 5.91 Å². The zero-order valence-electron chi connectivity index (χ0n) is 14.9. The molecular weight excluding hydrogens is 418 g/mol. The monoisotopic (exact) mass is 433 g/mol. The van der Waals surface area contributed by atoms with Crippen molar-refractivity contribution in [1.29, 1.82) is 0 Å². The Morgan fingerprint density at radius 2 is 1.96 bits per heavy atom. The number of benzene rings is 2. The average Bonchev–Trinajstić information content (AvgIpc) is 3.04. The fourth-order valence-corrected chi connectivity index (χ4v) is 6.90. The second-order valence-electron chi connectivity index (χ2n) is 6.75. The molecule has 138 valence electrons. The largest absolute Gasteiger partial charge is 0.497 e. The molecule has 2 aromatic carbocycles. The van der Waals surface area contributed by atoms with E-state index < -0.39 is 5.54 Å². The van der Waals surface area contributed by atoms with Crippen molar-refractivity contribution in [2.45, 2.75) is 19.4 Å². The van der Waals surface area contributed by atoms with Crippen LogP contribution in [-0.4, -0.2) is 13.0 Å². The van der Waals surface area contributed by atoms with Crippen molar-refractivity contribution >= 4 is 56.1 Å². The Morgan fingerprint density at radius 1 is 1.19 bits per heavy atom. The first-order valence-electron chi connectivity index (χ1n) is 8.26. The molecule has 0 saturated heterocycles. The molecule has 1 aromatic heterocycles. The quantitative estimate of drug-likeness (QED) is 0.330. The van der Waals surface area contributed by atoms with Crippen LogP contribution in [-0.2, 0) is 5.54 Å². The van der Waals surface area contributed by atoms with Gasteiger partial charge in [-0.25, -0.2) is 0 Å². The Bertz CT molecular complexity index is 1120. The third-order valence-corrected chi connectivity index (χ3v) is 8.30. The van der Waals surface area contributed by atoms with Crippen molar-refractivity contribution in [3.8, 4) is 16.9 Å². The molecule has 2 heterocycles. The number of nitrogens with zero attached hydrogens (tertiary/aromatic N) is 1. The van der Waals surface area contributed by atoms with Gasteiger partial charge < -0.3 is 4.74 Å². The zero-order valence-corrected chi connectivity index (χ0v) is 18.1. The second-order valence-corrected chi connectivity index (χ2v) is 10.0. The van der Waals surface area contributed by atoms with Crippen molar-refractivity contribution in [2.24, 2.45) is 0 Å². The smallest absolute Gasteiger partial charge is 0.259 e. The predicted molar refractivity (Wildman–Crippen MR) is 116 cm³/mol. The van der Waals surface area contributed by atoms with Gasteiger partial charge in [-0.3, -0.25) is 9.69 Å². The van der Waals surface area contributed by atoms with Crippen molar-refractivity contribution in [3.05, 3.63) is 61.8 Å². The molecule has 0 bridgehead atoms. The molecule has 1 aliphatic rings. The van der Waals surface area contributed by atoms with Gasteiger partial charge in [0.25, 0.3) is 5.91 Å². The summed E-state index contributed by atoms with van der Waals surface area (Å²) in [6.07, 6.45) is 0. The van der Waals surface area contributed by atoms with Gasteiger partial charge in [0.15, 0.2) is 0 Å². The molecule has 0 spiro atoms. The van der Waals surface area contributed by atoms with Crippen LogP contribution >= 0.6 is 44.5 Å². The summed E-state index contributed by atoms with van der Waals surface area (Å²) in [5.41, 5.74) is 2.80. The van der Waals surface area contributed by atoms with Gasteiger partial charge in [0.1, 0.15) is 9.57 Å². The minimum absolute atomic E-state index is 0.0996. The first-order valence-corrected chi connectivity index (χ1v) is 11.2. The molecule has 7 heteroatoms. The Balaban J connectivity index is 1.96. The van der Waals surface area contributed by atoms with Crippen LogP contribution in [0, 0.1) is 3.82 Å². The van der Waals surface area contributed by atoms with Crippen molar-refractivity contribution in [2.75, 3.05) is 12.0 Å². The van der Waals surface area contributed by atoms with E-state index in [0.717, 1.165) is 25.5 Å². The SMILES string of the molecule is COc1cccc(C(=O)N2c3cc(Cl)ccc3-c3c(ssc3=S)C2(C)C)c1. The van der Waals surface area contributed by atoms with E-state index in [2.05, 4.69) is 0 Å². The first-order chi connectivity index (χ1) is 12.8. The van der Waals surface area contributed by atoms with E-state index in [4.69, 9.17) is 28.6 Å². The normalized spacial score (nSPS) is 14.4. The number of hydrogen-bond donors (Lipinski definition) is 0. The fourth-order valence-electron chi connectivity index (χ4n) is 3.45. The number of anilines is 1. The Morgan fingerprint density at radius 3 is 2.70 bits per heavy atom. The number of fused-ring (bicyclic) bond motifs is 3. The predicted octanol–water partition coefficient (Wildman–Crippen LogP) is 6.76. The van der Waals surface area contributed by atoms with E-state index >= 15 is 0 Å². The number of amides is 1. The third-order valence-electron chi connectivity index (χ3n) is 4.74. The summed E-state index contributed by atoms with van der Waals surface area (Å²) in [4.78, 5) is 16.5. The average molecular weight is 434 g/mol. The number of ether oxygens (including phenoxy) is 1. The molecule has 0 aliphatic carbocycles. The minimum Gasteiger partial charge on any atom is -0.497 e. The molecule has 3 nitrogen and oxygen atoms in total. The maximum absolute atomic E-state index is 13.6. The summed E-state index contributed by atoms with van der Waals surface area (Å²) in [7, 11) is 4.80. The lowest BCUT2D eigenvalue weighted by Gasteiger charge is -2.43. The lowest BCUT2D eigenvalue weighted by Crippen LogP contribution is -2.47. The molecule has 1 amide bonds. The van der Waals surface area contributed by atoms with E-state index in [1.807, 2.05) is 49.1 Å². The van der Waals surface area contributed by atoms with E-state index in [9.17, 15) is 4.79 Å². The summed E-state index contributed by atoms with van der Waals surface area (Å²) in [6, 6.07) is 12.8. The molecule has 4 rings (SSSR count). The molecule has 0 radical (unpaired) electrons. The molecular formula is C20H16ClNO2S3. The summed E-state index contributed by atoms with van der Waals surface area (Å²) in [6.45, 7) is 4.09. The topological polar surface area (TPSA) is 29.5 Å². The van der Waals surface area contributed by atoms with Crippen LogP contribution in [0.2, 0.25) is 5.02 Å². The molecule has 27 heavy (non-hydrogen) atoms. The summed E-state index contributed by atoms with van der Waals surface area (Å²) >= 11 is 11.9. The zero-order chi connectivity index (χ0) is 19.3. The van der Waals surface area contributed by atoms with Crippen molar-refractivity contribution in [1.82, 2.24) is 0 Å². The Labute approximate surface area is 175 Å². The highest BCUT2D eigenvalue weighted by atomic mass is 35.5. The number of carbonyl (C=O) groups is 1. The number of rotatable bonds is 2. The summed E-state index contributed by atoms with van der Waals surface area (Å²) in [5.74, 6) is 0.547. The highest BCUT2D eigenvalue weighted by molar-refractivity contribution is 7.80. The number of hydrogen-bond acceptors (Lipinski definition) is 5. The fraction of sp³-hybridized carbons (Fsp3) is 0.200. The van der Waals surface area contributed by atoms with Crippen molar-refractivity contribution in [3.63, 3.8) is 0 Å². The molecule has 0 saturated carbocycles. The van der Waals surface area contributed by atoms with Crippen LogP contribution in [0.3, 0.4) is 0 Å². The number of halogens is 1. The Kier molecular flexibility index (Phi) is 4.63. The van der Waals surface area contributed by atoms with Gasteiger partial charge in [-0.05, 0) is 44.2 Å². The van der Waals surface area contributed by atoms with Crippen LogP contribution in [0.15, 0.2) is 42.5 Å². The van der Waals surface area contributed by atoms with Crippen LogP contribution in [0.5, 0.6) is 5.75 Å². The molecule has 0 unspecified atom stereocenters. The standard InChI is InChI=1S/C20H16ClNO2S3/c1-20(2)17-16(19(25)27-26-17)14-8-7-12(21)10-15(14)22(20)18(23)11-5-4-6-13(9-11)24-3/h4-10H,1-3H3. The second kappa shape index (κ2) is 6.71. The highest BCUT2D eigenvalue weighted by Gasteiger charge is 2.43. The molecule has 0 N–H and O–H groups in total. The van der Waals surface area contributed by atoms with Gasteiger partial charge in [0.2, 0.25) is 0 Å². The van der Waals surface area contributed by atoms with Crippen molar-refractivity contribution < 1.29 is 9.53 Å². The maximum atomic E-state index is 13.6. The number of methoxy groups -OCH3 is 1. The van der Waals surface area contributed by atoms with E-state index in [1.54, 1.807) is 39.9 Å². The van der Waals surface area contributed by atoms with Gasteiger partial charge in [0, 0.05) is 21.7 Å². The van der Waals surface area contributed by atoms with Crippen LogP contribution in [0.4, 0.5) is 5.69 Å². The van der Waals surface area contributed by atoms with Gasteiger partial charge in [-0.2, -0.15) is 0 Å². The minimum atomic E-state index is -0.550. The number of carbonyl (C=O) groups excluding carboxylic acids is 1. The third kappa shape index (κ3) is 2.91. The molecule has 0 atom stereocenters. The van der Waals surface area contributed by atoms with E-state index in [1.165, 1.54) is 0 Å². The lowest BCUT2D eigenvalue weighted by molar-refractivity contribution is 0.0961. The molecule has 1 aliphatic heterocycles. The molecule has 3 aromatic rings. The van der Waals surface area contributed by atoms with Crippen LogP contribution < -0.4 is 9.64 Å². The maximum Gasteiger partial charge on any atom is 0.259 e. The Hall–Kier alpha value is -1.73. The molecule has 0 fully saturated rings. The van der Waals surface area contributed by atoms with Crippen LogP contribution in [0.25, 0.3) is 11.1 Å². The van der Waals surface area contributed by atoms with Crippen LogP contribution in [0.1, 0.15) is 29.1 Å². The van der Waals surface area contributed by atoms with Gasteiger partial charge in [-0.15, -0.1) is 0 Å². The highest BCUT2D eigenvalue weighted by Crippen LogP contribution is 2.52. The van der Waals surface area contributed by atoms with Gasteiger partial charge in [-0.1, -0.05) is 56.6 Å². The van der Waals surface area contributed by atoms with Gasteiger partial charge in [0.05, 0.1) is 23.2 Å². The summed E-state index contributed by atoms with van der Waals surface area (Å²) < 4.78 is 6.14. The van der Waals surface area contributed by atoms with Gasteiger partial charge >= 0.3 is 0 Å². The lowest BCUT2D eigenvalue weighted by atomic mass is 9.87. The van der Waals surface area contributed by atoms with E-state index in [0.29, 0.717) is 16.3 Å². The summed E-state index contributed by atoms with van der Waals surface area (Å²) in [5, 5.41) is 0.585.